The van der Waals surface area contributed by atoms with Gasteiger partial charge in [0, 0.05) is 12.1 Å². The van der Waals surface area contributed by atoms with Crippen molar-refractivity contribution < 1.29 is 17.9 Å². The van der Waals surface area contributed by atoms with Gasteiger partial charge in [0.1, 0.15) is 5.75 Å². The number of aryl methyl sites for hydroxylation is 1. The van der Waals surface area contributed by atoms with E-state index in [2.05, 4.69) is 10.0 Å². The van der Waals surface area contributed by atoms with Crippen molar-refractivity contribution in [1.29, 1.82) is 0 Å². The maximum atomic E-state index is 12.5. The minimum absolute atomic E-state index is 0.135. The first-order valence-corrected chi connectivity index (χ1v) is 10.3. The molecule has 7 heteroatoms. The van der Waals surface area contributed by atoms with Gasteiger partial charge in [-0.15, -0.1) is 0 Å². The molecule has 0 atom stereocenters. The van der Waals surface area contributed by atoms with E-state index in [4.69, 9.17) is 4.74 Å². The van der Waals surface area contributed by atoms with Gasteiger partial charge >= 0.3 is 0 Å². The molecule has 2 N–H and O–H groups in total. The number of anilines is 1. The average molecular weight is 391 g/mol. The monoisotopic (exact) mass is 390 g/mol. The number of hydrogen-bond donors (Lipinski definition) is 2. The maximum Gasteiger partial charge on any atom is 0.255 e. The zero-order chi connectivity index (χ0) is 20.0. The average Bonchev–Trinajstić information content (AvgIpc) is 2.61. The molecule has 2 aromatic carbocycles. The molecule has 6 nitrogen and oxygen atoms in total. The second-order valence-electron chi connectivity index (χ2n) is 6.76. The highest BCUT2D eigenvalue weighted by atomic mass is 32.2. The summed E-state index contributed by atoms with van der Waals surface area (Å²) in [5, 5.41) is 2.79. The number of carbonyl (C=O) groups excluding carboxylic acids is 1. The molecule has 0 aromatic heterocycles. The number of methoxy groups -OCH3 is 1. The molecule has 0 aliphatic carbocycles. The van der Waals surface area contributed by atoms with E-state index in [1.54, 1.807) is 6.07 Å². The van der Waals surface area contributed by atoms with E-state index in [1.165, 1.54) is 31.4 Å². The van der Waals surface area contributed by atoms with Crippen LogP contribution in [-0.2, 0) is 10.0 Å². The number of nitrogens with one attached hydrogen (secondary N) is 2. The Balaban J connectivity index is 2.10. The van der Waals surface area contributed by atoms with E-state index in [0.717, 1.165) is 12.0 Å². The largest absolute Gasteiger partial charge is 0.495 e. The molecule has 0 fully saturated rings. The summed E-state index contributed by atoms with van der Waals surface area (Å²) in [5.41, 5.74) is 1.91. The van der Waals surface area contributed by atoms with Crippen LogP contribution in [0.3, 0.4) is 0 Å². The van der Waals surface area contributed by atoms with Crippen LogP contribution in [0.15, 0.2) is 47.4 Å². The van der Waals surface area contributed by atoms with Crippen LogP contribution in [0.4, 0.5) is 5.69 Å². The summed E-state index contributed by atoms with van der Waals surface area (Å²) in [4.78, 5) is 12.6. The number of hydrogen-bond acceptors (Lipinski definition) is 4. The number of benzene rings is 2. The van der Waals surface area contributed by atoms with E-state index < -0.39 is 10.0 Å². The predicted molar refractivity (Wildman–Crippen MR) is 107 cm³/mol. The number of amides is 1. The Morgan fingerprint density at radius 2 is 1.78 bits per heavy atom. The van der Waals surface area contributed by atoms with Crippen LogP contribution in [0, 0.1) is 12.8 Å². The number of sulfonamides is 1. The zero-order valence-electron chi connectivity index (χ0n) is 16.1. The third-order valence-electron chi connectivity index (χ3n) is 4.04. The fourth-order valence-electron chi connectivity index (χ4n) is 2.46. The van der Waals surface area contributed by atoms with Crippen LogP contribution in [0.5, 0.6) is 5.75 Å². The molecule has 0 radical (unpaired) electrons. The van der Waals surface area contributed by atoms with E-state index >= 15 is 0 Å². The SMILES string of the molecule is COc1ccc(C)cc1NC(=O)c1ccc(S(=O)(=O)NCCC(C)C)cc1. The highest BCUT2D eigenvalue weighted by Crippen LogP contribution is 2.25. The van der Waals surface area contributed by atoms with Gasteiger partial charge in [0.2, 0.25) is 10.0 Å². The molecule has 0 aliphatic heterocycles. The van der Waals surface area contributed by atoms with Gasteiger partial charge in [-0.1, -0.05) is 19.9 Å². The van der Waals surface area contributed by atoms with Gasteiger partial charge in [-0.25, -0.2) is 13.1 Å². The van der Waals surface area contributed by atoms with Crippen molar-refractivity contribution in [2.75, 3.05) is 19.0 Å². The molecule has 0 aliphatic rings. The summed E-state index contributed by atoms with van der Waals surface area (Å²) >= 11 is 0. The summed E-state index contributed by atoms with van der Waals surface area (Å²) in [7, 11) is -2.04. The first kappa shape index (κ1) is 20.9. The second kappa shape index (κ2) is 9.01. The summed E-state index contributed by atoms with van der Waals surface area (Å²) in [6, 6.07) is 11.3. The third-order valence-corrected chi connectivity index (χ3v) is 5.52. The topological polar surface area (TPSA) is 84.5 Å². The zero-order valence-corrected chi connectivity index (χ0v) is 16.9. The lowest BCUT2D eigenvalue weighted by atomic mass is 10.1. The Hall–Kier alpha value is -2.38. The first-order chi connectivity index (χ1) is 12.7. The van der Waals surface area contributed by atoms with Gasteiger partial charge in [0.15, 0.2) is 0 Å². The second-order valence-corrected chi connectivity index (χ2v) is 8.53. The molecule has 2 aromatic rings. The number of rotatable bonds is 8. The predicted octanol–water partition coefficient (Wildman–Crippen LogP) is 3.58. The lowest BCUT2D eigenvalue weighted by Gasteiger charge is -2.12. The Morgan fingerprint density at radius 3 is 2.37 bits per heavy atom. The quantitative estimate of drug-likeness (QED) is 0.721. The van der Waals surface area contributed by atoms with E-state index in [-0.39, 0.29) is 10.8 Å². The molecule has 0 spiro atoms. The normalized spacial score (nSPS) is 11.4. The van der Waals surface area contributed by atoms with Crippen molar-refractivity contribution in [3.63, 3.8) is 0 Å². The van der Waals surface area contributed by atoms with Crippen LogP contribution in [0.2, 0.25) is 0 Å². The number of carbonyl (C=O) groups is 1. The summed E-state index contributed by atoms with van der Waals surface area (Å²) < 4.78 is 32.4. The third kappa shape index (κ3) is 5.80. The van der Waals surface area contributed by atoms with E-state index in [9.17, 15) is 13.2 Å². The maximum absolute atomic E-state index is 12.5. The van der Waals surface area contributed by atoms with E-state index in [0.29, 0.717) is 29.5 Å². The fourth-order valence-corrected chi connectivity index (χ4v) is 3.51. The smallest absolute Gasteiger partial charge is 0.255 e. The summed E-state index contributed by atoms with van der Waals surface area (Å²) in [6.07, 6.45) is 0.762. The standard InChI is InChI=1S/C20H26N2O4S/c1-14(2)11-12-21-27(24,25)17-8-6-16(7-9-17)20(23)22-18-13-15(3)5-10-19(18)26-4/h5-10,13-14,21H,11-12H2,1-4H3,(H,22,23). The summed E-state index contributed by atoms with van der Waals surface area (Å²) in [5.74, 6) is 0.635. The van der Waals surface area contributed by atoms with Crippen LogP contribution < -0.4 is 14.8 Å². The van der Waals surface area contributed by atoms with Gasteiger partial charge < -0.3 is 10.1 Å². The molecule has 1 amide bonds. The first-order valence-electron chi connectivity index (χ1n) is 8.78. The summed E-state index contributed by atoms with van der Waals surface area (Å²) in [6.45, 7) is 6.37. The van der Waals surface area contributed by atoms with Gasteiger partial charge in [0.25, 0.3) is 5.91 Å². The minimum atomic E-state index is -3.58. The van der Waals surface area contributed by atoms with Crippen molar-refractivity contribution in [1.82, 2.24) is 4.72 Å². The molecule has 27 heavy (non-hydrogen) atoms. The van der Waals surface area contributed by atoms with Crippen molar-refractivity contribution in [3.05, 3.63) is 53.6 Å². The molecular formula is C20H26N2O4S. The fraction of sp³-hybridized carbons (Fsp3) is 0.350. The van der Waals surface area contributed by atoms with Crippen molar-refractivity contribution in [2.45, 2.75) is 32.1 Å². The van der Waals surface area contributed by atoms with Gasteiger partial charge in [-0.2, -0.15) is 0 Å². The van der Waals surface area contributed by atoms with Gasteiger partial charge in [-0.3, -0.25) is 4.79 Å². The Kier molecular flexibility index (Phi) is 6.98. The lowest BCUT2D eigenvalue weighted by Crippen LogP contribution is -2.25. The Bertz CT molecular complexity index is 891. The molecular weight excluding hydrogens is 364 g/mol. The van der Waals surface area contributed by atoms with Crippen LogP contribution >= 0.6 is 0 Å². The Morgan fingerprint density at radius 1 is 1.11 bits per heavy atom. The molecule has 2 rings (SSSR count). The molecule has 0 unspecified atom stereocenters. The van der Waals surface area contributed by atoms with Gasteiger partial charge in [0.05, 0.1) is 17.7 Å². The molecule has 0 heterocycles. The van der Waals surface area contributed by atoms with Gasteiger partial charge in [-0.05, 0) is 61.2 Å². The molecule has 146 valence electrons. The van der Waals surface area contributed by atoms with Crippen molar-refractivity contribution >= 4 is 21.6 Å². The van der Waals surface area contributed by atoms with Crippen LogP contribution in [0.25, 0.3) is 0 Å². The van der Waals surface area contributed by atoms with Crippen LogP contribution in [0.1, 0.15) is 36.2 Å². The van der Waals surface area contributed by atoms with E-state index in [1.807, 2.05) is 32.9 Å². The highest BCUT2D eigenvalue weighted by molar-refractivity contribution is 7.89. The van der Waals surface area contributed by atoms with Crippen LogP contribution in [-0.4, -0.2) is 28.0 Å². The number of ether oxygens (including phenoxy) is 1. The molecule has 0 bridgehead atoms. The molecule has 0 saturated carbocycles. The van der Waals surface area contributed by atoms with Crippen molar-refractivity contribution in [3.8, 4) is 5.75 Å². The molecule has 0 saturated heterocycles. The Labute approximate surface area is 161 Å². The van der Waals surface area contributed by atoms with Crippen molar-refractivity contribution in [2.24, 2.45) is 5.92 Å². The highest BCUT2D eigenvalue weighted by Gasteiger charge is 2.15. The minimum Gasteiger partial charge on any atom is -0.495 e. The lowest BCUT2D eigenvalue weighted by molar-refractivity contribution is 0.102.